The van der Waals surface area contributed by atoms with Crippen molar-refractivity contribution >= 4 is 0 Å². The van der Waals surface area contributed by atoms with Crippen LogP contribution in [0.25, 0.3) is 0 Å². The van der Waals surface area contributed by atoms with Crippen molar-refractivity contribution in [2.24, 2.45) is 11.8 Å². The summed E-state index contributed by atoms with van der Waals surface area (Å²) < 4.78 is 11.2. The number of nitrogens with two attached hydrogens (primary N) is 1. The summed E-state index contributed by atoms with van der Waals surface area (Å²) in [6.07, 6.45) is 0.141. The van der Waals surface area contributed by atoms with Crippen LogP contribution in [0, 0.1) is 5.92 Å². The molecule has 2 bridgehead atoms. The Bertz CT molecular complexity index is 177. The van der Waals surface area contributed by atoms with E-state index in [0.717, 1.165) is 0 Å². The Balaban J connectivity index is 2.19. The zero-order valence-electron chi connectivity index (χ0n) is 7.45. The van der Waals surface area contributed by atoms with Gasteiger partial charge in [0.05, 0.1) is 19.3 Å². The third kappa shape index (κ3) is 0.864. The fourth-order valence-corrected chi connectivity index (χ4v) is 2.15. The quantitative estimate of drug-likeness (QED) is 0.600. The molecule has 0 radical (unpaired) electrons. The summed E-state index contributed by atoms with van der Waals surface area (Å²) in [4.78, 5) is 4.82. The first kappa shape index (κ1) is 8.44. The zero-order chi connectivity index (χ0) is 8.77. The van der Waals surface area contributed by atoms with E-state index in [1.165, 1.54) is 0 Å². The lowest BCUT2D eigenvalue weighted by molar-refractivity contribution is -0.162. The second-order valence-electron chi connectivity index (χ2n) is 3.68. The molecule has 70 valence electrons. The van der Waals surface area contributed by atoms with Gasteiger partial charge in [-0.2, -0.15) is 0 Å². The number of fused-ring (bicyclic) bond motifs is 2. The van der Waals surface area contributed by atoms with Gasteiger partial charge in [0.25, 0.3) is 0 Å². The maximum atomic E-state index is 5.67. The lowest BCUT2D eigenvalue weighted by Gasteiger charge is -2.32. The summed E-state index contributed by atoms with van der Waals surface area (Å²) in [5.41, 5.74) is -0.292. The van der Waals surface area contributed by atoms with Crippen LogP contribution in [0.3, 0.4) is 0 Å². The van der Waals surface area contributed by atoms with Gasteiger partial charge in [0.2, 0.25) is 0 Å². The first-order valence-electron chi connectivity index (χ1n) is 4.32. The number of hydrogen-bond acceptors (Lipinski definition) is 4. The molecule has 1 unspecified atom stereocenters. The summed E-state index contributed by atoms with van der Waals surface area (Å²) in [5, 5.41) is 0. The standard InChI is InChI=1S/C8H15NO3/c1-5-7-3-11-8(5,4-10-7)6(2)12-9/h5-7H,3-4,9H2,1-2H3/t5-,6?,7-,8-/m0/s1. The van der Waals surface area contributed by atoms with E-state index >= 15 is 0 Å². The van der Waals surface area contributed by atoms with Crippen LogP contribution in [0.1, 0.15) is 13.8 Å². The van der Waals surface area contributed by atoms with E-state index in [-0.39, 0.29) is 17.8 Å². The van der Waals surface area contributed by atoms with Gasteiger partial charge in [0.15, 0.2) is 0 Å². The summed E-state index contributed by atoms with van der Waals surface area (Å²) >= 11 is 0. The molecule has 0 saturated carbocycles. The molecular formula is C8H15NO3. The molecule has 12 heavy (non-hydrogen) atoms. The first-order chi connectivity index (χ1) is 5.70. The minimum Gasteiger partial charge on any atom is -0.372 e. The van der Waals surface area contributed by atoms with E-state index < -0.39 is 0 Å². The monoisotopic (exact) mass is 173 g/mol. The van der Waals surface area contributed by atoms with Crippen molar-refractivity contribution in [1.82, 2.24) is 0 Å². The van der Waals surface area contributed by atoms with E-state index in [4.69, 9.17) is 20.2 Å². The van der Waals surface area contributed by atoms with Crippen LogP contribution < -0.4 is 5.90 Å². The highest BCUT2D eigenvalue weighted by Gasteiger charge is 2.57. The lowest BCUT2D eigenvalue weighted by Crippen LogP contribution is -2.48. The molecule has 2 aliphatic heterocycles. The second-order valence-corrected chi connectivity index (χ2v) is 3.68. The fourth-order valence-electron chi connectivity index (χ4n) is 2.15. The predicted octanol–water partition coefficient (Wildman–Crippen LogP) is 0.0691. The van der Waals surface area contributed by atoms with E-state index in [2.05, 4.69) is 6.92 Å². The highest BCUT2D eigenvalue weighted by Crippen LogP contribution is 2.43. The Morgan fingerprint density at radius 2 is 2.42 bits per heavy atom. The van der Waals surface area contributed by atoms with Gasteiger partial charge in [-0.3, -0.25) is 4.84 Å². The van der Waals surface area contributed by atoms with Gasteiger partial charge in [0.1, 0.15) is 11.7 Å². The molecule has 2 rings (SSSR count). The van der Waals surface area contributed by atoms with Gasteiger partial charge in [-0.05, 0) is 6.92 Å². The van der Waals surface area contributed by atoms with Crippen molar-refractivity contribution in [3.05, 3.63) is 0 Å². The second kappa shape index (κ2) is 2.67. The molecule has 2 aliphatic rings. The Labute approximate surface area is 71.9 Å². The highest BCUT2D eigenvalue weighted by atomic mass is 16.7. The van der Waals surface area contributed by atoms with Crippen molar-refractivity contribution in [2.45, 2.75) is 31.7 Å². The Morgan fingerprint density at radius 1 is 1.67 bits per heavy atom. The van der Waals surface area contributed by atoms with Crippen LogP contribution in [0.2, 0.25) is 0 Å². The third-order valence-electron chi connectivity index (χ3n) is 3.26. The van der Waals surface area contributed by atoms with Crippen molar-refractivity contribution in [3.63, 3.8) is 0 Å². The zero-order valence-corrected chi connectivity index (χ0v) is 7.45. The smallest absolute Gasteiger partial charge is 0.124 e. The van der Waals surface area contributed by atoms with Crippen molar-refractivity contribution < 1.29 is 14.3 Å². The molecule has 2 N–H and O–H groups in total. The maximum absolute atomic E-state index is 5.67. The van der Waals surface area contributed by atoms with Crippen molar-refractivity contribution in [1.29, 1.82) is 0 Å². The Kier molecular flexibility index (Phi) is 1.88. The van der Waals surface area contributed by atoms with Gasteiger partial charge >= 0.3 is 0 Å². The van der Waals surface area contributed by atoms with E-state index in [0.29, 0.717) is 19.1 Å². The summed E-state index contributed by atoms with van der Waals surface area (Å²) in [5.74, 6) is 5.54. The summed E-state index contributed by atoms with van der Waals surface area (Å²) in [6, 6.07) is 0. The SMILES string of the molecule is CC(ON)[C@@]12CO[C@@H](CO1)[C@@H]2C. The topological polar surface area (TPSA) is 53.7 Å². The van der Waals surface area contributed by atoms with Gasteiger partial charge < -0.3 is 9.47 Å². The summed E-state index contributed by atoms with van der Waals surface area (Å²) in [7, 11) is 0. The molecule has 0 amide bonds. The van der Waals surface area contributed by atoms with Crippen LogP contribution in [-0.2, 0) is 14.3 Å². The first-order valence-corrected chi connectivity index (χ1v) is 4.32. The number of ether oxygens (including phenoxy) is 2. The minimum atomic E-state index is -0.292. The maximum Gasteiger partial charge on any atom is 0.124 e. The average molecular weight is 173 g/mol. The third-order valence-corrected chi connectivity index (χ3v) is 3.26. The molecular weight excluding hydrogens is 158 g/mol. The van der Waals surface area contributed by atoms with Gasteiger partial charge in [-0.1, -0.05) is 6.92 Å². The average Bonchev–Trinajstić information content (AvgIpc) is 2.60. The number of hydrogen-bond donors (Lipinski definition) is 1. The van der Waals surface area contributed by atoms with Crippen molar-refractivity contribution in [3.8, 4) is 0 Å². The Morgan fingerprint density at radius 3 is 2.75 bits per heavy atom. The Hall–Kier alpha value is -0.160. The van der Waals surface area contributed by atoms with Crippen LogP contribution in [0.5, 0.6) is 0 Å². The summed E-state index contributed by atoms with van der Waals surface area (Å²) in [6.45, 7) is 5.33. The molecule has 0 aromatic carbocycles. The normalized spacial score (nSPS) is 48.2. The van der Waals surface area contributed by atoms with Crippen molar-refractivity contribution in [2.75, 3.05) is 13.2 Å². The molecule has 4 nitrogen and oxygen atoms in total. The van der Waals surface area contributed by atoms with Gasteiger partial charge in [-0.15, -0.1) is 0 Å². The molecule has 2 saturated heterocycles. The van der Waals surface area contributed by atoms with E-state index in [1.807, 2.05) is 6.92 Å². The van der Waals surface area contributed by atoms with Crippen LogP contribution in [0.15, 0.2) is 0 Å². The predicted molar refractivity (Wildman–Crippen MR) is 42.3 cm³/mol. The fraction of sp³-hybridized carbons (Fsp3) is 1.00. The highest BCUT2D eigenvalue weighted by molar-refractivity contribution is 5.04. The minimum absolute atomic E-state index is 0.0972. The molecule has 0 spiro atoms. The molecule has 4 heteroatoms. The van der Waals surface area contributed by atoms with Gasteiger partial charge in [0, 0.05) is 5.92 Å². The van der Waals surface area contributed by atoms with Crippen LogP contribution >= 0.6 is 0 Å². The molecule has 0 aromatic rings. The molecule has 4 atom stereocenters. The number of rotatable bonds is 2. The van der Waals surface area contributed by atoms with E-state index in [1.54, 1.807) is 0 Å². The van der Waals surface area contributed by atoms with Crippen LogP contribution in [0.4, 0.5) is 0 Å². The van der Waals surface area contributed by atoms with E-state index in [9.17, 15) is 0 Å². The molecule has 2 heterocycles. The lowest BCUT2D eigenvalue weighted by atomic mass is 9.86. The molecule has 0 aliphatic carbocycles. The molecule has 0 aromatic heterocycles. The van der Waals surface area contributed by atoms with Crippen LogP contribution in [-0.4, -0.2) is 31.0 Å². The van der Waals surface area contributed by atoms with Gasteiger partial charge in [-0.25, -0.2) is 5.90 Å². The molecule has 2 fully saturated rings. The largest absolute Gasteiger partial charge is 0.372 e.